The minimum Gasteiger partial charge on any atom is -0.478 e. The summed E-state index contributed by atoms with van der Waals surface area (Å²) in [6.45, 7) is 0. The largest absolute Gasteiger partial charge is 0.478 e. The lowest BCUT2D eigenvalue weighted by molar-refractivity contribution is -0.137. The number of nitrogens with two attached hydrogens (primary N) is 1. The molecule has 8 heteroatoms. The van der Waals surface area contributed by atoms with Gasteiger partial charge in [0, 0.05) is 0 Å². The molecule has 1 aromatic rings. The van der Waals surface area contributed by atoms with E-state index in [1.807, 2.05) is 5.32 Å². The van der Waals surface area contributed by atoms with Crippen molar-refractivity contribution in [2.75, 3.05) is 5.32 Å². The molecule has 0 aromatic heterocycles. The summed E-state index contributed by atoms with van der Waals surface area (Å²) in [5, 5.41) is 10.5. The van der Waals surface area contributed by atoms with Crippen molar-refractivity contribution in [3.05, 3.63) is 29.3 Å². The minimum absolute atomic E-state index is 0.475. The molecule has 0 aliphatic rings. The third kappa shape index (κ3) is 3.10. The zero-order valence-electron chi connectivity index (χ0n) is 8.21. The van der Waals surface area contributed by atoms with E-state index in [2.05, 4.69) is 0 Å². The first-order chi connectivity index (χ1) is 7.71. The Hall–Kier alpha value is -2.25. The van der Waals surface area contributed by atoms with Crippen LogP contribution in [0.3, 0.4) is 0 Å². The number of urea groups is 1. The number of aromatic carboxylic acids is 1. The van der Waals surface area contributed by atoms with Gasteiger partial charge in [-0.25, -0.2) is 9.59 Å². The number of alkyl halides is 3. The molecule has 0 heterocycles. The lowest BCUT2D eigenvalue weighted by Gasteiger charge is -2.11. The highest BCUT2D eigenvalue weighted by molar-refractivity contribution is 5.99. The number of benzene rings is 1. The summed E-state index contributed by atoms with van der Waals surface area (Å²) in [5.41, 5.74) is 2.68. The van der Waals surface area contributed by atoms with Crippen LogP contribution in [-0.4, -0.2) is 17.1 Å². The molecule has 4 N–H and O–H groups in total. The van der Waals surface area contributed by atoms with Gasteiger partial charge in [-0.15, -0.1) is 0 Å². The van der Waals surface area contributed by atoms with Crippen molar-refractivity contribution >= 4 is 17.7 Å². The van der Waals surface area contributed by atoms with Gasteiger partial charge in [-0.2, -0.15) is 13.2 Å². The Morgan fingerprint density at radius 1 is 1.29 bits per heavy atom. The number of hydrogen-bond donors (Lipinski definition) is 3. The van der Waals surface area contributed by atoms with Crippen molar-refractivity contribution in [1.82, 2.24) is 0 Å². The van der Waals surface area contributed by atoms with Gasteiger partial charge in [-0.1, -0.05) is 0 Å². The molecule has 1 rings (SSSR count). The van der Waals surface area contributed by atoms with Gasteiger partial charge in [-0.05, 0) is 18.2 Å². The lowest BCUT2D eigenvalue weighted by Crippen LogP contribution is -2.21. The molecule has 0 aliphatic heterocycles. The molecule has 0 bridgehead atoms. The SMILES string of the molecule is NC(=O)Nc1cc(C(F)(F)F)ccc1C(=O)O. The molecule has 0 saturated heterocycles. The number of amides is 2. The molecular weight excluding hydrogens is 241 g/mol. The van der Waals surface area contributed by atoms with Gasteiger partial charge >= 0.3 is 18.2 Å². The number of nitrogens with one attached hydrogen (secondary N) is 1. The molecule has 0 radical (unpaired) electrons. The molecule has 0 unspecified atom stereocenters. The molecule has 0 saturated carbocycles. The number of rotatable bonds is 2. The highest BCUT2D eigenvalue weighted by Crippen LogP contribution is 2.32. The third-order valence-electron chi connectivity index (χ3n) is 1.84. The fourth-order valence-corrected chi connectivity index (χ4v) is 1.14. The molecule has 0 fully saturated rings. The number of halogens is 3. The van der Waals surface area contributed by atoms with E-state index in [0.29, 0.717) is 12.1 Å². The van der Waals surface area contributed by atoms with E-state index in [1.165, 1.54) is 0 Å². The van der Waals surface area contributed by atoms with E-state index >= 15 is 0 Å². The Labute approximate surface area is 93.0 Å². The van der Waals surface area contributed by atoms with Gasteiger partial charge in [0.05, 0.1) is 16.8 Å². The number of carboxylic acid groups (broad SMARTS) is 1. The first kappa shape index (κ1) is 12.8. The topological polar surface area (TPSA) is 92.4 Å². The van der Waals surface area contributed by atoms with Crippen molar-refractivity contribution in [2.24, 2.45) is 5.73 Å². The van der Waals surface area contributed by atoms with Gasteiger partial charge in [-0.3, -0.25) is 0 Å². The maximum absolute atomic E-state index is 12.3. The lowest BCUT2D eigenvalue weighted by atomic mass is 10.1. The van der Waals surface area contributed by atoms with E-state index in [9.17, 15) is 22.8 Å². The molecule has 2 amide bonds. The molecule has 0 atom stereocenters. The summed E-state index contributed by atoms with van der Waals surface area (Å²) < 4.78 is 37.0. The summed E-state index contributed by atoms with van der Waals surface area (Å²) in [7, 11) is 0. The predicted octanol–water partition coefficient (Wildman–Crippen LogP) is 1.89. The van der Waals surface area contributed by atoms with Crippen LogP contribution in [0.4, 0.5) is 23.7 Å². The number of primary amides is 1. The normalized spacial score (nSPS) is 11.0. The van der Waals surface area contributed by atoms with Gasteiger partial charge in [0.2, 0.25) is 0 Å². The van der Waals surface area contributed by atoms with Crippen molar-refractivity contribution in [3.63, 3.8) is 0 Å². The average Bonchev–Trinajstić information content (AvgIpc) is 2.14. The zero-order chi connectivity index (χ0) is 13.2. The van der Waals surface area contributed by atoms with E-state index in [0.717, 1.165) is 6.07 Å². The van der Waals surface area contributed by atoms with Crippen molar-refractivity contribution in [2.45, 2.75) is 6.18 Å². The molecule has 17 heavy (non-hydrogen) atoms. The number of carbonyl (C=O) groups excluding carboxylic acids is 1. The van der Waals surface area contributed by atoms with Gasteiger partial charge in [0.1, 0.15) is 0 Å². The van der Waals surface area contributed by atoms with Crippen LogP contribution >= 0.6 is 0 Å². The monoisotopic (exact) mass is 248 g/mol. The van der Waals surface area contributed by atoms with Crippen molar-refractivity contribution in [1.29, 1.82) is 0 Å². The fourth-order valence-electron chi connectivity index (χ4n) is 1.14. The summed E-state index contributed by atoms with van der Waals surface area (Å²) in [4.78, 5) is 21.2. The highest BCUT2D eigenvalue weighted by Gasteiger charge is 2.31. The Kier molecular flexibility index (Phi) is 3.26. The van der Waals surface area contributed by atoms with Crippen LogP contribution in [0.1, 0.15) is 15.9 Å². The Balaban J connectivity index is 3.29. The molecule has 92 valence electrons. The van der Waals surface area contributed by atoms with E-state index in [1.54, 1.807) is 0 Å². The van der Waals surface area contributed by atoms with E-state index < -0.39 is 35.0 Å². The second-order valence-corrected chi connectivity index (χ2v) is 3.05. The van der Waals surface area contributed by atoms with Gasteiger partial charge in [0.25, 0.3) is 0 Å². The standard InChI is InChI=1S/C9H7F3N2O3/c10-9(11,12)4-1-2-5(7(15)16)6(3-4)14-8(13)17/h1-3H,(H,15,16)(H3,13,14,17). The fraction of sp³-hybridized carbons (Fsp3) is 0.111. The third-order valence-corrected chi connectivity index (χ3v) is 1.84. The van der Waals surface area contributed by atoms with Crippen LogP contribution < -0.4 is 11.1 Å². The summed E-state index contributed by atoms with van der Waals surface area (Å²) >= 11 is 0. The van der Waals surface area contributed by atoms with Crippen LogP contribution in [0.25, 0.3) is 0 Å². The highest BCUT2D eigenvalue weighted by atomic mass is 19.4. The molecular formula is C9H7F3N2O3. The Morgan fingerprint density at radius 2 is 1.88 bits per heavy atom. The van der Waals surface area contributed by atoms with Gasteiger partial charge < -0.3 is 16.2 Å². The first-order valence-electron chi connectivity index (χ1n) is 4.23. The minimum atomic E-state index is -4.63. The van der Waals surface area contributed by atoms with Crippen molar-refractivity contribution < 1.29 is 27.9 Å². The summed E-state index contributed by atoms with van der Waals surface area (Å²) in [6, 6.07) is 0.715. The second kappa shape index (κ2) is 4.32. The number of carbonyl (C=O) groups is 2. The van der Waals surface area contributed by atoms with E-state index in [-0.39, 0.29) is 0 Å². The maximum Gasteiger partial charge on any atom is 0.416 e. The Morgan fingerprint density at radius 3 is 2.29 bits per heavy atom. The zero-order valence-corrected chi connectivity index (χ0v) is 8.21. The molecule has 5 nitrogen and oxygen atoms in total. The van der Waals surface area contributed by atoms with Crippen LogP contribution in [-0.2, 0) is 6.18 Å². The average molecular weight is 248 g/mol. The van der Waals surface area contributed by atoms with Crippen LogP contribution in [0.15, 0.2) is 18.2 Å². The molecule has 0 spiro atoms. The van der Waals surface area contributed by atoms with Gasteiger partial charge in [0.15, 0.2) is 0 Å². The second-order valence-electron chi connectivity index (χ2n) is 3.05. The first-order valence-corrected chi connectivity index (χ1v) is 4.23. The molecule has 0 aliphatic carbocycles. The number of hydrogen-bond acceptors (Lipinski definition) is 2. The maximum atomic E-state index is 12.3. The van der Waals surface area contributed by atoms with Crippen LogP contribution in [0.5, 0.6) is 0 Å². The van der Waals surface area contributed by atoms with Crippen LogP contribution in [0, 0.1) is 0 Å². The summed E-state index contributed by atoms with van der Waals surface area (Å²) in [6.07, 6.45) is -4.63. The van der Waals surface area contributed by atoms with Crippen molar-refractivity contribution in [3.8, 4) is 0 Å². The number of anilines is 1. The molecule has 1 aromatic carbocycles. The van der Waals surface area contributed by atoms with E-state index in [4.69, 9.17) is 10.8 Å². The number of carboxylic acids is 1. The van der Waals surface area contributed by atoms with Crippen LogP contribution in [0.2, 0.25) is 0 Å². The quantitative estimate of drug-likeness (QED) is 0.746. The summed E-state index contributed by atoms with van der Waals surface area (Å²) in [5.74, 6) is -1.47. The predicted molar refractivity (Wildman–Crippen MR) is 51.6 cm³/mol. The Bertz CT molecular complexity index is 471. The smallest absolute Gasteiger partial charge is 0.416 e.